The van der Waals surface area contributed by atoms with E-state index in [9.17, 15) is 9.59 Å². The van der Waals surface area contributed by atoms with Crippen molar-refractivity contribution in [3.8, 4) is 5.75 Å². The van der Waals surface area contributed by atoms with Crippen molar-refractivity contribution in [2.75, 3.05) is 6.54 Å². The van der Waals surface area contributed by atoms with Gasteiger partial charge >= 0.3 is 0 Å². The van der Waals surface area contributed by atoms with Crippen LogP contribution in [-0.2, 0) is 11.4 Å². The summed E-state index contributed by atoms with van der Waals surface area (Å²) in [4.78, 5) is 24.4. The van der Waals surface area contributed by atoms with Gasteiger partial charge in [0.15, 0.2) is 0 Å². The van der Waals surface area contributed by atoms with Crippen molar-refractivity contribution >= 4 is 56.3 Å². The second-order valence-electron chi connectivity index (χ2n) is 7.60. The fourth-order valence-electron chi connectivity index (χ4n) is 3.42. The number of hydrogen-bond acceptors (Lipinski definition) is 4. The first kappa shape index (κ1) is 24.4. The number of amides is 2. The fraction of sp³-hybridized carbons (Fsp3) is 0.0741. The number of ether oxygens (including phenoxy) is 1. The minimum Gasteiger partial charge on any atom is -0.488 e. The lowest BCUT2D eigenvalue weighted by Gasteiger charge is -2.12. The highest BCUT2D eigenvalue weighted by molar-refractivity contribution is 9.10. The summed E-state index contributed by atoms with van der Waals surface area (Å²) in [6, 6.07) is 26.1. The van der Waals surface area contributed by atoms with Gasteiger partial charge < -0.3 is 10.1 Å². The maximum absolute atomic E-state index is 12.2. The van der Waals surface area contributed by atoms with Crippen LogP contribution in [-0.4, -0.2) is 24.6 Å². The van der Waals surface area contributed by atoms with E-state index < -0.39 is 11.8 Å². The minimum atomic E-state index is -0.464. The van der Waals surface area contributed by atoms with Gasteiger partial charge in [0.2, 0.25) is 0 Å². The van der Waals surface area contributed by atoms with Crippen LogP contribution in [0.3, 0.4) is 0 Å². The Kier molecular flexibility index (Phi) is 8.13. The average Bonchev–Trinajstić information content (AvgIpc) is 2.86. The number of fused-ring (bicyclic) bond motifs is 1. The first-order valence-corrected chi connectivity index (χ1v) is 11.9. The number of carbonyl (C=O) groups is 2. The van der Waals surface area contributed by atoms with Gasteiger partial charge in [-0.3, -0.25) is 9.59 Å². The summed E-state index contributed by atoms with van der Waals surface area (Å²) in [6.07, 6.45) is 1.55. The van der Waals surface area contributed by atoms with E-state index in [0.29, 0.717) is 22.9 Å². The van der Waals surface area contributed by atoms with E-state index in [1.54, 1.807) is 24.4 Å². The van der Waals surface area contributed by atoms with Crippen molar-refractivity contribution in [1.82, 2.24) is 10.7 Å². The smallest absolute Gasteiger partial charge is 0.259 e. The van der Waals surface area contributed by atoms with Crippen LogP contribution in [0.4, 0.5) is 0 Å². The Morgan fingerprint density at radius 2 is 1.80 bits per heavy atom. The number of halogens is 2. The lowest BCUT2D eigenvalue weighted by molar-refractivity contribution is -0.120. The Morgan fingerprint density at radius 3 is 2.63 bits per heavy atom. The Balaban J connectivity index is 1.44. The maximum atomic E-state index is 12.2. The summed E-state index contributed by atoms with van der Waals surface area (Å²) < 4.78 is 7.06. The molecule has 0 aromatic heterocycles. The van der Waals surface area contributed by atoms with Crippen molar-refractivity contribution in [3.05, 3.63) is 111 Å². The summed E-state index contributed by atoms with van der Waals surface area (Å²) in [5.74, 6) is -0.228. The summed E-state index contributed by atoms with van der Waals surface area (Å²) in [5.41, 5.74) is 4.57. The van der Waals surface area contributed by atoms with Crippen LogP contribution in [0.15, 0.2) is 94.5 Å². The Morgan fingerprint density at radius 1 is 0.971 bits per heavy atom. The number of carbonyl (C=O) groups excluding carboxylic acids is 2. The predicted molar refractivity (Wildman–Crippen MR) is 142 cm³/mol. The normalized spacial score (nSPS) is 10.9. The molecule has 0 spiro atoms. The lowest BCUT2D eigenvalue weighted by Crippen LogP contribution is -2.34. The number of rotatable bonds is 8. The van der Waals surface area contributed by atoms with Crippen LogP contribution < -0.4 is 15.5 Å². The molecule has 2 amide bonds. The van der Waals surface area contributed by atoms with Gasteiger partial charge in [-0.1, -0.05) is 76.1 Å². The topological polar surface area (TPSA) is 79.8 Å². The molecule has 176 valence electrons. The second-order valence-corrected chi connectivity index (χ2v) is 8.96. The third-order valence-electron chi connectivity index (χ3n) is 5.09. The van der Waals surface area contributed by atoms with Crippen LogP contribution in [0.25, 0.3) is 10.8 Å². The molecule has 4 aromatic carbocycles. The molecular weight excluding hydrogens is 530 g/mol. The van der Waals surface area contributed by atoms with Crippen LogP contribution in [0.2, 0.25) is 5.02 Å². The largest absolute Gasteiger partial charge is 0.488 e. The van der Waals surface area contributed by atoms with Gasteiger partial charge in [0, 0.05) is 20.6 Å². The zero-order valence-corrected chi connectivity index (χ0v) is 20.8. The van der Waals surface area contributed by atoms with Gasteiger partial charge in [-0.15, -0.1) is 0 Å². The molecule has 0 atom stereocenters. The highest BCUT2D eigenvalue weighted by atomic mass is 79.9. The van der Waals surface area contributed by atoms with E-state index in [4.69, 9.17) is 16.3 Å². The van der Waals surface area contributed by atoms with Crippen LogP contribution in [0, 0.1) is 0 Å². The maximum Gasteiger partial charge on any atom is 0.259 e. The fourth-order valence-corrected chi connectivity index (χ4v) is 4.06. The zero-order valence-electron chi connectivity index (χ0n) is 18.5. The molecular formula is C27H21BrClN3O3. The molecule has 0 heterocycles. The summed E-state index contributed by atoms with van der Waals surface area (Å²) in [7, 11) is 0. The summed E-state index contributed by atoms with van der Waals surface area (Å²) >= 11 is 9.38. The number of nitrogens with one attached hydrogen (secondary N) is 2. The third kappa shape index (κ3) is 6.68. The SMILES string of the molecule is O=C(CNC(=O)c1cccc(Cl)c1)NN=Cc1c(OCc2cccc(Br)c2)ccc2ccccc12. The van der Waals surface area contributed by atoms with E-state index in [1.165, 1.54) is 6.07 Å². The molecule has 2 N–H and O–H groups in total. The molecule has 6 nitrogen and oxygen atoms in total. The summed E-state index contributed by atoms with van der Waals surface area (Å²) in [5, 5.41) is 9.05. The molecule has 4 aromatic rings. The number of hydrogen-bond donors (Lipinski definition) is 2. The predicted octanol–water partition coefficient (Wildman–Crippen LogP) is 5.71. The van der Waals surface area contributed by atoms with E-state index in [-0.39, 0.29) is 6.54 Å². The van der Waals surface area contributed by atoms with Crippen molar-refractivity contribution in [2.24, 2.45) is 5.10 Å². The molecule has 4 rings (SSSR count). The number of hydrazone groups is 1. The van der Waals surface area contributed by atoms with Crippen LogP contribution in [0.5, 0.6) is 5.75 Å². The quantitative estimate of drug-likeness (QED) is 0.218. The Bertz CT molecular complexity index is 1410. The lowest BCUT2D eigenvalue weighted by atomic mass is 10.0. The Labute approximate surface area is 216 Å². The summed E-state index contributed by atoms with van der Waals surface area (Å²) in [6.45, 7) is 0.144. The molecule has 8 heteroatoms. The number of nitrogens with zero attached hydrogens (tertiary/aromatic N) is 1. The molecule has 0 aliphatic carbocycles. The van der Waals surface area contributed by atoms with E-state index in [0.717, 1.165) is 26.4 Å². The van der Waals surface area contributed by atoms with Crippen molar-refractivity contribution in [2.45, 2.75) is 6.61 Å². The molecule has 0 unspecified atom stereocenters. The molecule has 0 saturated heterocycles. The van der Waals surface area contributed by atoms with Gasteiger partial charge in [-0.25, -0.2) is 5.43 Å². The van der Waals surface area contributed by atoms with Crippen LogP contribution >= 0.6 is 27.5 Å². The van der Waals surface area contributed by atoms with Gasteiger partial charge in [0.1, 0.15) is 12.4 Å². The molecule has 0 aliphatic heterocycles. The highest BCUT2D eigenvalue weighted by Crippen LogP contribution is 2.27. The van der Waals surface area contributed by atoms with Gasteiger partial charge in [0.05, 0.1) is 12.8 Å². The first-order valence-electron chi connectivity index (χ1n) is 10.7. The molecule has 0 aliphatic rings. The number of benzene rings is 4. The molecule has 0 fully saturated rings. The monoisotopic (exact) mass is 549 g/mol. The van der Waals surface area contributed by atoms with Gasteiger partial charge in [0.25, 0.3) is 11.8 Å². The van der Waals surface area contributed by atoms with E-state index in [1.807, 2.05) is 60.7 Å². The zero-order chi connectivity index (χ0) is 24.6. The standard InChI is InChI=1S/C27H21BrClN3O3/c28-21-8-3-5-18(13-21)17-35-25-12-11-19-6-1-2-10-23(19)24(25)15-31-32-26(33)16-30-27(34)20-7-4-9-22(29)14-20/h1-15H,16-17H2,(H,30,34)(H,32,33). The molecule has 0 saturated carbocycles. The first-order chi connectivity index (χ1) is 17.0. The average molecular weight is 551 g/mol. The minimum absolute atomic E-state index is 0.232. The molecule has 0 bridgehead atoms. The Hall–Kier alpha value is -3.68. The van der Waals surface area contributed by atoms with Crippen LogP contribution in [0.1, 0.15) is 21.5 Å². The van der Waals surface area contributed by atoms with E-state index in [2.05, 4.69) is 31.8 Å². The van der Waals surface area contributed by atoms with Gasteiger partial charge in [-0.2, -0.15) is 5.10 Å². The van der Waals surface area contributed by atoms with Crippen molar-refractivity contribution < 1.29 is 14.3 Å². The van der Waals surface area contributed by atoms with Crippen molar-refractivity contribution in [3.63, 3.8) is 0 Å². The van der Waals surface area contributed by atoms with E-state index >= 15 is 0 Å². The van der Waals surface area contributed by atoms with Gasteiger partial charge in [-0.05, 0) is 52.7 Å². The molecule has 35 heavy (non-hydrogen) atoms. The highest BCUT2D eigenvalue weighted by Gasteiger charge is 2.10. The molecule has 0 radical (unpaired) electrons. The third-order valence-corrected chi connectivity index (χ3v) is 5.82. The second kappa shape index (κ2) is 11.6. The van der Waals surface area contributed by atoms with Crippen molar-refractivity contribution in [1.29, 1.82) is 0 Å².